The number of hydrogen-bond donors (Lipinski definition) is 1. The molecule has 2 heterocycles. The van der Waals surface area contributed by atoms with Crippen LogP contribution in [0.2, 0.25) is 5.02 Å². The van der Waals surface area contributed by atoms with Crippen LogP contribution in [0.5, 0.6) is 0 Å². The van der Waals surface area contributed by atoms with E-state index in [-0.39, 0.29) is 5.91 Å². The first-order valence-corrected chi connectivity index (χ1v) is 8.99. The average Bonchev–Trinajstić information content (AvgIpc) is 3.18. The summed E-state index contributed by atoms with van der Waals surface area (Å²) in [6.45, 7) is 2.84. The monoisotopic (exact) mass is 366 g/mol. The van der Waals surface area contributed by atoms with Gasteiger partial charge in [-0.2, -0.15) is 5.10 Å². The van der Waals surface area contributed by atoms with Gasteiger partial charge in [0.25, 0.3) is 5.91 Å². The third-order valence-corrected chi connectivity index (χ3v) is 4.85. The number of H-pyrrole nitrogens is 1. The van der Waals surface area contributed by atoms with E-state index in [0.717, 1.165) is 30.2 Å². The highest BCUT2D eigenvalue weighted by Gasteiger charge is 2.23. The molecule has 0 spiro atoms. The minimum absolute atomic E-state index is 0.0270. The van der Waals surface area contributed by atoms with E-state index in [2.05, 4.69) is 33.3 Å². The standard InChI is InChI=1S/C20H19ClN4O/c21-17-8-4-7-16(13-17)20(26)25-11-9-24(10-12-25)19-14-18(22-23-19)15-5-2-1-3-6-15/h1-8,13-14H,9-12H2,(H,22,23). The lowest BCUT2D eigenvalue weighted by atomic mass is 10.1. The maximum atomic E-state index is 12.6. The molecule has 6 heteroatoms. The Morgan fingerprint density at radius 2 is 1.73 bits per heavy atom. The minimum Gasteiger partial charge on any atom is -0.352 e. The predicted octanol–water partition coefficient (Wildman–Crippen LogP) is 3.69. The summed E-state index contributed by atoms with van der Waals surface area (Å²) in [7, 11) is 0. The smallest absolute Gasteiger partial charge is 0.254 e. The maximum absolute atomic E-state index is 12.6. The van der Waals surface area contributed by atoms with Gasteiger partial charge >= 0.3 is 0 Å². The Labute approximate surface area is 157 Å². The van der Waals surface area contributed by atoms with E-state index >= 15 is 0 Å². The number of carbonyl (C=O) groups excluding carboxylic acids is 1. The quantitative estimate of drug-likeness (QED) is 0.769. The van der Waals surface area contributed by atoms with Crippen LogP contribution in [-0.2, 0) is 0 Å². The van der Waals surface area contributed by atoms with Crippen molar-refractivity contribution >= 4 is 23.3 Å². The zero-order valence-electron chi connectivity index (χ0n) is 14.2. The van der Waals surface area contributed by atoms with Crippen LogP contribution in [0.15, 0.2) is 60.7 Å². The van der Waals surface area contributed by atoms with Crippen LogP contribution in [0.4, 0.5) is 5.82 Å². The number of halogens is 1. The first-order chi connectivity index (χ1) is 12.7. The topological polar surface area (TPSA) is 52.2 Å². The molecule has 26 heavy (non-hydrogen) atoms. The second kappa shape index (κ2) is 7.22. The highest BCUT2D eigenvalue weighted by Crippen LogP contribution is 2.23. The van der Waals surface area contributed by atoms with E-state index in [1.165, 1.54) is 0 Å². The summed E-state index contributed by atoms with van der Waals surface area (Å²) in [6, 6.07) is 19.3. The molecule has 0 unspecified atom stereocenters. The van der Waals surface area contributed by atoms with Gasteiger partial charge in [0.2, 0.25) is 0 Å². The Bertz CT molecular complexity index is 901. The number of hydrogen-bond acceptors (Lipinski definition) is 3. The zero-order chi connectivity index (χ0) is 17.9. The van der Waals surface area contributed by atoms with E-state index in [1.807, 2.05) is 23.1 Å². The summed E-state index contributed by atoms with van der Waals surface area (Å²) in [5, 5.41) is 8.12. The van der Waals surface area contributed by atoms with Crippen molar-refractivity contribution in [2.45, 2.75) is 0 Å². The summed E-state index contributed by atoms with van der Waals surface area (Å²) in [5.74, 6) is 0.942. The summed E-state index contributed by atoms with van der Waals surface area (Å²) in [5.41, 5.74) is 2.75. The van der Waals surface area contributed by atoms with Crippen molar-refractivity contribution in [2.75, 3.05) is 31.1 Å². The van der Waals surface area contributed by atoms with Crippen molar-refractivity contribution in [3.05, 3.63) is 71.2 Å². The predicted molar refractivity (Wildman–Crippen MR) is 104 cm³/mol. The van der Waals surface area contributed by atoms with Crippen molar-refractivity contribution in [1.82, 2.24) is 15.1 Å². The van der Waals surface area contributed by atoms with Gasteiger partial charge in [-0.3, -0.25) is 9.89 Å². The second-order valence-electron chi connectivity index (χ2n) is 6.30. The molecule has 1 saturated heterocycles. The molecule has 1 aliphatic rings. The summed E-state index contributed by atoms with van der Waals surface area (Å²) in [6.07, 6.45) is 0. The fourth-order valence-corrected chi connectivity index (χ4v) is 3.37. The number of anilines is 1. The van der Waals surface area contributed by atoms with Gasteiger partial charge in [-0.1, -0.05) is 48.0 Å². The Kier molecular flexibility index (Phi) is 4.63. The van der Waals surface area contributed by atoms with Crippen LogP contribution < -0.4 is 4.90 Å². The number of nitrogens with one attached hydrogen (secondary N) is 1. The molecule has 0 atom stereocenters. The second-order valence-corrected chi connectivity index (χ2v) is 6.73. The molecule has 0 saturated carbocycles. The molecule has 0 bridgehead atoms. The largest absolute Gasteiger partial charge is 0.352 e. The molecule has 3 aromatic rings. The summed E-state index contributed by atoms with van der Waals surface area (Å²) < 4.78 is 0. The van der Waals surface area contributed by atoms with Gasteiger partial charge in [-0.15, -0.1) is 0 Å². The van der Waals surface area contributed by atoms with E-state index in [4.69, 9.17) is 11.6 Å². The Balaban J connectivity index is 1.41. The molecular weight excluding hydrogens is 348 g/mol. The number of amides is 1. The molecule has 1 aliphatic heterocycles. The van der Waals surface area contributed by atoms with Crippen LogP contribution in [0, 0.1) is 0 Å². The van der Waals surface area contributed by atoms with Gasteiger partial charge in [-0.05, 0) is 23.8 Å². The van der Waals surface area contributed by atoms with E-state index in [0.29, 0.717) is 23.7 Å². The number of benzene rings is 2. The van der Waals surface area contributed by atoms with Crippen LogP contribution in [0.25, 0.3) is 11.3 Å². The lowest BCUT2D eigenvalue weighted by Gasteiger charge is -2.34. The molecule has 0 aliphatic carbocycles. The number of nitrogens with zero attached hydrogens (tertiary/aromatic N) is 3. The highest BCUT2D eigenvalue weighted by atomic mass is 35.5. The molecule has 1 amide bonds. The molecule has 1 fully saturated rings. The van der Waals surface area contributed by atoms with Crippen LogP contribution in [-0.4, -0.2) is 47.2 Å². The molecule has 132 valence electrons. The highest BCUT2D eigenvalue weighted by molar-refractivity contribution is 6.30. The molecule has 5 nitrogen and oxygen atoms in total. The number of carbonyl (C=O) groups is 1. The van der Waals surface area contributed by atoms with Gasteiger partial charge < -0.3 is 9.80 Å². The molecule has 1 N–H and O–H groups in total. The number of rotatable bonds is 3. The number of aromatic nitrogens is 2. The van der Waals surface area contributed by atoms with Crippen LogP contribution in [0.3, 0.4) is 0 Å². The van der Waals surface area contributed by atoms with Gasteiger partial charge in [0, 0.05) is 42.8 Å². The van der Waals surface area contributed by atoms with Crippen molar-refractivity contribution in [3.8, 4) is 11.3 Å². The normalized spacial score (nSPS) is 14.5. The lowest BCUT2D eigenvalue weighted by Crippen LogP contribution is -2.48. The van der Waals surface area contributed by atoms with Crippen molar-refractivity contribution in [3.63, 3.8) is 0 Å². The first-order valence-electron chi connectivity index (χ1n) is 8.61. The SMILES string of the molecule is O=C(c1cccc(Cl)c1)N1CCN(c2cc(-c3ccccc3)[nH]n2)CC1. The summed E-state index contributed by atoms with van der Waals surface area (Å²) >= 11 is 5.99. The third-order valence-electron chi connectivity index (χ3n) is 4.61. The number of aromatic amines is 1. The van der Waals surface area contributed by atoms with Gasteiger partial charge in [0.05, 0.1) is 5.69 Å². The molecule has 2 aromatic carbocycles. The zero-order valence-corrected chi connectivity index (χ0v) is 15.0. The molecule has 0 radical (unpaired) electrons. The minimum atomic E-state index is 0.0270. The maximum Gasteiger partial charge on any atom is 0.254 e. The average molecular weight is 367 g/mol. The van der Waals surface area contributed by atoms with E-state index in [9.17, 15) is 4.79 Å². The summed E-state index contributed by atoms with van der Waals surface area (Å²) in [4.78, 5) is 16.7. The van der Waals surface area contributed by atoms with E-state index in [1.54, 1.807) is 24.3 Å². The fraction of sp³-hybridized carbons (Fsp3) is 0.200. The van der Waals surface area contributed by atoms with E-state index < -0.39 is 0 Å². The van der Waals surface area contributed by atoms with Crippen molar-refractivity contribution < 1.29 is 4.79 Å². The van der Waals surface area contributed by atoms with Gasteiger partial charge in [0.15, 0.2) is 5.82 Å². The van der Waals surface area contributed by atoms with Crippen LogP contribution in [0.1, 0.15) is 10.4 Å². The fourth-order valence-electron chi connectivity index (χ4n) is 3.18. The number of piperazine rings is 1. The molecule has 4 rings (SSSR count). The van der Waals surface area contributed by atoms with Gasteiger partial charge in [0.1, 0.15) is 0 Å². The van der Waals surface area contributed by atoms with Crippen LogP contribution >= 0.6 is 11.6 Å². The van der Waals surface area contributed by atoms with Crippen molar-refractivity contribution in [2.24, 2.45) is 0 Å². The molecular formula is C20H19ClN4O. The lowest BCUT2D eigenvalue weighted by molar-refractivity contribution is 0.0746. The third kappa shape index (κ3) is 3.44. The Hall–Kier alpha value is -2.79. The van der Waals surface area contributed by atoms with Gasteiger partial charge in [-0.25, -0.2) is 0 Å². The van der Waals surface area contributed by atoms with Crippen molar-refractivity contribution in [1.29, 1.82) is 0 Å². The Morgan fingerprint density at radius 3 is 2.46 bits per heavy atom. The molecule has 1 aromatic heterocycles. The Morgan fingerprint density at radius 1 is 0.962 bits per heavy atom. The first kappa shape index (κ1) is 16.7.